The average molecular weight is 393 g/mol. The lowest BCUT2D eigenvalue weighted by molar-refractivity contribution is 0.199. The lowest BCUT2D eigenvalue weighted by atomic mass is 10.1. The Hall–Kier alpha value is -3.39. The van der Waals surface area contributed by atoms with E-state index in [9.17, 15) is 4.39 Å². The number of methoxy groups -OCH3 is 1. The van der Waals surface area contributed by atoms with Crippen molar-refractivity contribution in [3.63, 3.8) is 0 Å². The van der Waals surface area contributed by atoms with E-state index in [2.05, 4.69) is 25.4 Å². The number of fused-ring (bicyclic) bond motifs is 1. The van der Waals surface area contributed by atoms with Gasteiger partial charge in [0.1, 0.15) is 5.82 Å². The summed E-state index contributed by atoms with van der Waals surface area (Å²) in [6.45, 7) is 4.25. The minimum atomic E-state index is -0.287. The molecule has 29 heavy (non-hydrogen) atoms. The number of halogens is 1. The van der Waals surface area contributed by atoms with Gasteiger partial charge in [-0.15, -0.1) is 0 Å². The summed E-state index contributed by atoms with van der Waals surface area (Å²) in [6.07, 6.45) is 2.20. The van der Waals surface area contributed by atoms with Crippen LogP contribution in [-0.4, -0.2) is 33.8 Å². The molecule has 0 saturated heterocycles. The van der Waals surface area contributed by atoms with Gasteiger partial charge in [0.25, 0.3) is 5.89 Å². The van der Waals surface area contributed by atoms with Gasteiger partial charge in [-0.3, -0.25) is 0 Å². The summed E-state index contributed by atoms with van der Waals surface area (Å²) in [7, 11) is 1.62. The van der Waals surface area contributed by atoms with Crippen molar-refractivity contribution < 1.29 is 13.7 Å². The molecule has 4 aromatic rings. The van der Waals surface area contributed by atoms with Gasteiger partial charge in [0.2, 0.25) is 0 Å². The Morgan fingerprint density at radius 2 is 2.00 bits per heavy atom. The first-order valence-electron chi connectivity index (χ1n) is 9.16. The van der Waals surface area contributed by atoms with E-state index >= 15 is 0 Å². The molecule has 0 aliphatic heterocycles. The van der Waals surface area contributed by atoms with Crippen molar-refractivity contribution in [2.45, 2.75) is 20.3 Å². The number of aromatic nitrogens is 4. The van der Waals surface area contributed by atoms with Crippen molar-refractivity contribution in [2.24, 2.45) is 0 Å². The first-order valence-corrected chi connectivity index (χ1v) is 9.16. The van der Waals surface area contributed by atoms with E-state index in [1.807, 2.05) is 26.0 Å². The summed E-state index contributed by atoms with van der Waals surface area (Å²) in [5.41, 5.74) is 4.35. The Morgan fingerprint density at radius 3 is 2.79 bits per heavy atom. The molecular formula is C21H20FN5O2. The minimum Gasteiger partial charge on any atom is -0.384 e. The highest BCUT2D eigenvalue weighted by molar-refractivity contribution is 5.98. The van der Waals surface area contributed by atoms with E-state index in [-0.39, 0.29) is 5.82 Å². The number of benzene rings is 1. The molecule has 1 N–H and O–H groups in total. The van der Waals surface area contributed by atoms with Crippen LogP contribution in [0.25, 0.3) is 22.5 Å². The van der Waals surface area contributed by atoms with Gasteiger partial charge >= 0.3 is 0 Å². The van der Waals surface area contributed by atoms with Crippen LogP contribution >= 0.6 is 0 Å². The normalized spacial score (nSPS) is 11.2. The van der Waals surface area contributed by atoms with Gasteiger partial charge in [-0.25, -0.2) is 14.4 Å². The molecule has 0 fully saturated rings. The zero-order valence-electron chi connectivity index (χ0n) is 16.4. The van der Waals surface area contributed by atoms with Crippen LogP contribution in [0.4, 0.5) is 15.8 Å². The smallest absolute Gasteiger partial charge is 0.261 e. The standard InChI is InChI=1S/C21H20FN5O2/c1-12-10-14(22)5-7-17(12)25-19-15-6-4-13(2)24-20(15)23-11-16(19)21-26-18(27-29-21)8-9-28-3/h4-7,10-11H,8-9H2,1-3H3,(H,23,24,25). The topological polar surface area (TPSA) is 86.0 Å². The summed E-state index contributed by atoms with van der Waals surface area (Å²) >= 11 is 0. The number of ether oxygens (including phenoxy) is 1. The Labute approximate surface area is 167 Å². The summed E-state index contributed by atoms with van der Waals surface area (Å²) < 4.78 is 24.1. The number of hydrogen-bond donors (Lipinski definition) is 1. The molecule has 148 valence electrons. The van der Waals surface area contributed by atoms with Gasteiger partial charge < -0.3 is 14.6 Å². The van der Waals surface area contributed by atoms with E-state index in [0.29, 0.717) is 36.0 Å². The quantitative estimate of drug-likeness (QED) is 0.521. The molecule has 0 bridgehead atoms. The number of pyridine rings is 2. The third-order valence-electron chi connectivity index (χ3n) is 4.55. The molecule has 0 spiro atoms. The summed E-state index contributed by atoms with van der Waals surface area (Å²) in [6, 6.07) is 8.44. The van der Waals surface area contributed by atoms with Crippen LogP contribution < -0.4 is 5.32 Å². The zero-order valence-corrected chi connectivity index (χ0v) is 16.4. The lowest BCUT2D eigenvalue weighted by Gasteiger charge is -2.14. The lowest BCUT2D eigenvalue weighted by Crippen LogP contribution is -2.00. The van der Waals surface area contributed by atoms with Crippen LogP contribution in [0.3, 0.4) is 0 Å². The van der Waals surface area contributed by atoms with E-state index in [1.165, 1.54) is 12.1 Å². The number of nitrogens with zero attached hydrogens (tertiary/aromatic N) is 4. The van der Waals surface area contributed by atoms with Crippen molar-refractivity contribution in [3.8, 4) is 11.5 Å². The SMILES string of the molecule is COCCc1noc(-c2cnc3nc(C)ccc3c2Nc2ccc(F)cc2C)n1. The van der Waals surface area contributed by atoms with Gasteiger partial charge in [0.05, 0.1) is 17.9 Å². The monoisotopic (exact) mass is 393 g/mol. The fourth-order valence-electron chi connectivity index (χ4n) is 3.03. The fourth-order valence-corrected chi connectivity index (χ4v) is 3.03. The summed E-state index contributed by atoms with van der Waals surface area (Å²) in [5.74, 6) is 0.603. The molecule has 3 aromatic heterocycles. The second kappa shape index (κ2) is 7.92. The van der Waals surface area contributed by atoms with Crippen molar-refractivity contribution >= 4 is 22.4 Å². The molecule has 0 unspecified atom stereocenters. The molecule has 0 aliphatic carbocycles. The molecule has 0 aliphatic rings. The van der Waals surface area contributed by atoms with Crippen LogP contribution in [0.15, 0.2) is 41.1 Å². The number of rotatable bonds is 6. The average Bonchev–Trinajstić information content (AvgIpc) is 3.17. The van der Waals surface area contributed by atoms with E-state index in [4.69, 9.17) is 9.26 Å². The first-order chi connectivity index (χ1) is 14.0. The third kappa shape index (κ3) is 3.93. The predicted octanol–water partition coefficient (Wildman–Crippen LogP) is 4.37. The fraction of sp³-hybridized carbons (Fsp3) is 0.238. The van der Waals surface area contributed by atoms with Gasteiger partial charge in [0, 0.05) is 36.5 Å². The second-order valence-electron chi connectivity index (χ2n) is 6.71. The minimum absolute atomic E-state index is 0.287. The molecule has 8 heteroatoms. The number of nitrogens with one attached hydrogen (secondary N) is 1. The number of hydrogen-bond acceptors (Lipinski definition) is 7. The maximum atomic E-state index is 13.5. The van der Waals surface area contributed by atoms with Gasteiger partial charge in [-0.05, 0) is 49.7 Å². The van der Waals surface area contributed by atoms with E-state index in [0.717, 1.165) is 28.0 Å². The maximum absolute atomic E-state index is 13.5. The highest BCUT2D eigenvalue weighted by Gasteiger charge is 2.18. The van der Waals surface area contributed by atoms with Crippen molar-refractivity contribution in [1.82, 2.24) is 20.1 Å². The summed E-state index contributed by atoms with van der Waals surface area (Å²) in [4.78, 5) is 13.4. The molecule has 1 aromatic carbocycles. The molecule has 4 rings (SSSR count). The number of aryl methyl sites for hydroxylation is 2. The second-order valence-corrected chi connectivity index (χ2v) is 6.71. The Morgan fingerprint density at radius 1 is 1.14 bits per heavy atom. The third-order valence-corrected chi connectivity index (χ3v) is 4.55. The zero-order chi connectivity index (χ0) is 20.4. The van der Waals surface area contributed by atoms with Crippen molar-refractivity contribution in [1.29, 1.82) is 0 Å². The molecule has 0 saturated carbocycles. The molecule has 0 atom stereocenters. The highest BCUT2D eigenvalue weighted by Crippen LogP contribution is 2.35. The van der Waals surface area contributed by atoms with Crippen molar-refractivity contribution in [2.75, 3.05) is 19.0 Å². The summed E-state index contributed by atoms with van der Waals surface area (Å²) in [5, 5.41) is 8.20. The molecular weight excluding hydrogens is 373 g/mol. The predicted molar refractivity (Wildman–Crippen MR) is 108 cm³/mol. The maximum Gasteiger partial charge on any atom is 0.261 e. The van der Waals surface area contributed by atoms with Crippen LogP contribution in [0.5, 0.6) is 0 Å². The Kier molecular flexibility index (Phi) is 5.18. The van der Waals surface area contributed by atoms with Crippen LogP contribution in [0, 0.1) is 19.7 Å². The van der Waals surface area contributed by atoms with Crippen LogP contribution in [-0.2, 0) is 11.2 Å². The van der Waals surface area contributed by atoms with Crippen LogP contribution in [0.2, 0.25) is 0 Å². The molecule has 7 nitrogen and oxygen atoms in total. The van der Waals surface area contributed by atoms with Gasteiger partial charge in [0.15, 0.2) is 11.5 Å². The molecule has 0 radical (unpaired) electrons. The van der Waals surface area contributed by atoms with E-state index in [1.54, 1.807) is 19.4 Å². The Balaban J connectivity index is 1.84. The molecule has 0 amide bonds. The highest BCUT2D eigenvalue weighted by atomic mass is 19.1. The number of anilines is 2. The van der Waals surface area contributed by atoms with Crippen molar-refractivity contribution in [3.05, 3.63) is 59.4 Å². The first kappa shape index (κ1) is 18.9. The molecule has 3 heterocycles. The van der Waals surface area contributed by atoms with Crippen LogP contribution in [0.1, 0.15) is 17.1 Å². The van der Waals surface area contributed by atoms with Gasteiger partial charge in [-0.1, -0.05) is 5.16 Å². The van der Waals surface area contributed by atoms with E-state index < -0.39 is 0 Å². The largest absolute Gasteiger partial charge is 0.384 e. The Bertz CT molecular complexity index is 1180. The van der Waals surface area contributed by atoms with Gasteiger partial charge in [-0.2, -0.15) is 4.98 Å².